The first-order chi connectivity index (χ1) is 7.16. The number of hydrogen-bond acceptors (Lipinski definition) is 1. The third-order valence-electron chi connectivity index (χ3n) is 3.11. The minimum absolute atomic E-state index is 0.318. The molecule has 0 radical (unpaired) electrons. The van der Waals surface area contributed by atoms with Gasteiger partial charge in [-0.1, -0.05) is 29.6 Å². The third kappa shape index (κ3) is 2.66. The monoisotopic (exact) mass is 243 g/mol. The Hall–Kier alpha value is -0.240. The summed E-state index contributed by atoms with van der Waals surface area (Å²) < 4.78 is 0. The molecule has 1 fully saturated rings. The van der Waals surface area contributed by atoms with Crippen LogP contribution in [-0.2, 0) is 0 Å². The van der Waals surface area contributed by atoms with Crippen molar-refractivity contribution in [3.05, 3.63) is 33.8 Å². The van der Waals surface area contributed by atoms with Gasteiger partial charge in [-0.25, -0.2) is 0 Å². The van der Waals surface area contributed by atoms with Crippen LogP contribution in [0.1, 0.15) is 37.2 Å². The van der Waals surface area contributed by atoms with E-state index in [0.29, 0.717) is 12.0 Å². The van der Waals surface area contributed by atoms with E-state index >= 15 is 0 Å². The zero-order valence-corrected chi connectivity index (χ0v) is 10.1. The molecule has 1 saturated carbocycles. The van der Waals surface area contributed by atoms with Crippen LogP contribution in [0.15, 0.2) is 18.2 Å². The van der Waals surface area contributed by atoms with E-state index in [-0.39, 0.29) is 0 Å². The van der Waals surface area contributed by atoms with Crippen molar-refractivity contribution < 1.29 is 0 Å². The summed E-state index contributed by atoms with van der Waals surface area (Å²) in [7, 11) is 0. The second-order valence-corrected chi connectivity index (χ2v) is 5.13. The van der Waals surface area contributed by atoms with E-state index in [1.807, 2.05) is 18.2 Å². The predicted molar refractivity (Wildman–Crippen MR) is 65.6 cm³/mol. The lowest BCUT2D eigenvalue weighted by Gasteiger charge is -2.27. The zero-order chi connectivity index (χ0) is 10.8. The molecule has 0 saturated heterocycles. The van der Waals surface area contributed by atoms with Crippen LogP contribution >= 0.6 is 23.2 Å². The Morgan fingerprint density at radius 3 is 2.73 bits per heavy atom. The standard InChI is InChI=1S/C12H15Cl2N/c13-9-4-5-12(14)11(7-9)8-2-1-3-10(15)6-8/h4-5,7-8,10H,1-3,6,15H2. The summed E-state index contributed by atoms with van der Waals surface area (Å²) in [4.78, 5) is 0. The molecule has 2 rings (SSSR count). The Bertz CT molecular complexity index is 351. The Morgan fingerprint density at radius 2 is 2.00 bits per heavy atom. The molecule has 1 aromatic rings. The topological polar surface area (TPSA) is 26.0 Å². The smallest absolute Gasteiger partial charge is 0.0441 e. The van der Waals surface area contributed by atoms with Gasteiger partial charge in [0.1, 0.15) is 0 Å². The largest absolute Gasteiger partial charge is 0.328 e. The molecule has 1 nitrogen and oxygen atoms in total. The van der Waals surface area contributed by atoms with Crippen LogP contribution in [0.3, 0.4) is 0 Å². The van der Waals surface area contributed by atoms with Gasteiger partial charge in [-0.2, -0.15) is 0 Å². The van der Waals surface area contributed by atoms with Gasteiger partial charge >= 0.3 is 0 Å². The quantitative estimate of drug-likeness (QED) is 0.794. The molecular weight excluding hydrogens is 229 g/mol. The van der Waals surface area contributed by atoms with Crippen LogP contribution < -0.4 is 5.73 Å². The fourth-order valence-electron chi connectivity index (χ4n) is 2.34. The molecule has 0 amide bonds. The highest BCUT2D eigenvalue weighted by molar-refractivity contribution is 6.33. The lowest BCUT2D eigenvalue weighted by atomic mass is 9.82. The molecule has 0 heterocycles. The van der Waals surface area contributed by atoms with Gasteiger partial charge in [0.25, 0.3) is 0 Å². The summed E-state index contributed by atoms with van der Waals surface area (Å²) >= 11 is 12.2. The first-order valence-corrected chi connectivity index (χ1v) is 6.13. The number of halogens is 2. The Labute approximate surface area is 101 Å². The van der Waals surface area contributed by atoms with Gasteiger partial charge in [-0.3, -0.25) is 0 Å². The summed E-state index contributed by atoms with van der Waals surface area (Å²) in [5, 5.41) is 1.58. The highest BCUT2D eigenvalue weighted by atomic mass is 35.5. The van der Waals surface area contributed by atoms with Crippen LogP contribution in [0.2, 0.25) is 10.0 Å². The van der Waals surface area contributed by atoms with Crippen molar-refractivity contribution >= 4 is 23.2 Å². The normalized spacial score (nSPS) is 26.6. The molecule has 2 unspecified atom stereocenters. The van der Waals surface area contributed by atoms with E-state index in [9.17, 15) is 0 Å². The molecule has 1 aliphatic carbocycles. The lowest BCUT2D eigenvalue weighted by molar-refractivity contribution is 0.393. The highest BCUT2D eigenvalue weighted by Gasteiger charge is 2.22. The van der Waals surface area contributed by atoms with Gasteiger partial charge in [-0.05, 0) is 48.9 Å². The van der Waals surface area contributed by atoms with Crippen LogP contribution in [-0.4, -0.2) is 6.04 Å². The van der Waals surface area contributed by atoms with Gasteiger partial charge in [0.15, 0.2) is 0 Å². The van der Waals surface area contributed by atoms with Crippen molar-refractivity contribution in [2.24, 2.45) is 5.73 Å². The maximum atomic E-state index is 6.18. The second kappa shape index (κ2) is 4.73. The summed E-state index contributed by atoms with van der Waals surface area (Å²) in [5.74, 6) is 0.486. The van der Waals surface area contributed by atoms with Crippen LogP contribution in [0.25, 0.3) is 0 Å². The van der Waals surface area contributed by atoms with Crippen molar-refractivity contribution in [2.45, 2.75) is 37.6 Å². The average molecular weight is 244 g/mol. The van der Waals surface area contributed by atoms with Crippen molar-refractivity contribution in [1.82, 2.24) is 0 Å². The number of rotatable bonds is 1. The average Bonchev–Trinajstić information content (AvgIpc) is 2.22. The molecule has 1 aliphatic rings. The molecule has 3 heteroatoms. The van der Waals surface area contributed by atoms with E-state index < -0.39 is 0 Å². The number of benzene rings is 1. The third-order valence-corrected chi connectivity index (χ3v) is 3.69. The highest BCUT2D eigenvalue weighted by Crippen LogP contribution is 2.36. The second-order valence-electron chi connectivity index (χ2n) is 4.29. The molecule has 15 heavy (non-hydrogen) atoms. The number of hydrogen-bond donors (Lipinski definition) is 1. The van der Waals surface area contributed by atoms with Crippen molar-refractivity contribution in [1.29, 1.82) is 0 Å². The summed E-state index contributed by atoms with van der Waals surface area (Å²) in [6, 6.07) is 6.00. The Morgan fingerprint density at radius 1 is 1.20 bits per heavy atom. The number of nitrogens with two attached hydrogens (primary N) is 1. The molecule has 1 aromatic carbocycles. The molecule has 2 atom stereocenters. The van der Waals surface area contributed by atoms with Gasteiger partial charge in [0.05, 0.1) is 0 Å². The first kappa shape index (κ1) is 11.3. The van der Waals surface area contributed by atoms with Crippen LogP contribution in [0, 0.1) is 0 Å². The van der Waals surface area contributed by atoms with Crippen molar-refractivity contribution in [3.8, 4) is 0 Å². The van der Waals surface area contributed by atoms with Gasteiger partial charge in [-0.15, -0.1) is 0 Å². The summed E-state index contributed by atoms with van der Waals surface area (Å²) in [6.07, 6.45) is 4.52. The molecule has 82 valence electrons. The Balaban J connectivity index is 2.24. The van der Waals surface area contributed by atoms with Gasteiger partial charge in [0.2, 0.25) is 0 Å². The lowest BCUT2D eigenvalue weighted by Crippen LogP contribution is -2.26. The summed E-state index contributed by atoms with van der Waals surface area (Å²) in [6.45, 7) is 0. The molecule has 0 aromatic heterocycles. The van der Waals surface area contributed by atoms with E-state index in [1.165, 1.54) is 18.4 Å². The fourth-order valence-corrected chi connectivity index (χ4v) is 2.79. The maximum Gasteiger partial charge on any atom is 0.0441 e. The minimum atomic E-state index is 0.318. The molecule has 0 bridgehead atoms. The van der Waals surface area contributed by atoms with Crippen LogP contribution in [0.4, 0.5) is 0 Å². The SMILES string of the molecule is NC1CCCC(c2cc(Cl)ccc2Cl)C1. The Kier molecular flexibility index (Phi) is 3.55. The molecular formula is C12H15Cl2N. The summed E-state index contributed by atoms with van der Waals surface area (Å²) in [5.41, 5.74) is 7.14. The van der Waals surface area contributed by atoms with Crippen molar-refractivity contribution in [2.75, 3.05) is 0 Å². The maximum absolute atomic E-state index is 6.18. The first-order valence-electron chi connectivity index (χ1n) is 5.37. The van der Waals surface area contributed by atoms with E-state index in [4.69, 9.17) is 28.9 Å². The minimum Gasteiger partial charge on any atom is -0.328 e. The van der Waals surface area contributed by atoms with Gasteiger partial charge in [0, 0.05) is 16.1 Å². The molecule has 2 N–H and O–H groups in total. The predicted octanol–water partition coefficient (Wildman–Crippen LogP) is 3.98. The van der Waals surface area contributed by atoms with Crippen LogP contribution in [0.5, 0.6) is 0 Å². The fraction of sp³-hybridized carbons (Fsp3) is 0.500. The molecule has 0 aliphatic heterocycles. The van der Waals surface area contributed by atoms with E-state index in [2.05, 4.69) is 0 Å². The van der Waals surface area contributed by atoms with E-state index in [1.54, 1.807) is 0 Å². The van der Waals surface area contributed by atoms with Crippen molar-refractivity contribution in [3.63, 3.8) is 0 Å². The molecule has 0 spiro atoms. The van der Waals surface area contributed by atoms with Gasteiger partial charge < -0.3 is 5.73 Å². The zero-order valence-electron chi connectivity index (χ0n) is 8.55. The van der Waals surface area contributed by atoms with E-state index in [0.717, 1.165) is 22.9 Å².